The molecule has 0 unspecified atom stereocenters. The molecule has 3 rings (SSSR count). The normalized spacial score (nSPS) is 11.1. The quantitative estimate of drug-likeness (QED) is 0.505. The molecule has 10 heteroatoms. The van der Waals surface area contributed by atoms with Crippen LogP contribution in [-0.4, -0.2) is 15.9 Å². The van der Waals surface area contributed by atoms with Gasteiger partial charge in [-0.1, -0.05) is 18.5 Å². The molecule has 0 bridgehead atoms. The van der Waals surface area contributed by atoms with Gasteiger partial charge in [-0.15, -0.1) is 0 Å². The number of pyridine rings is 2. The number of aromatic nitrogens is 2. The van der Waals surface area contributed by atoms with Gasteiger partial charge in [-0.25, -0.2) is 9.97 Å². The second-order valence-electron chi connectivity index (χ2n) is 5.94. The number of nitrogens with zero attached hydrogens (tertiary/aromatic N) is 2. The molecule has 2 aromatic heterocycles. The summed E-state index contributed by atoms with van der Waals surface area (Å²) in [4.78, 5) is 19.3. The van der Waals surface area contributed by atoms with Crippen molar-refractivity contribution in [1.82, 2.24) is 9.97 Å². The van der Waals surface area contributed by atoms with E-state index >= 15 is 0 Å². The van der Waals surface area contributed by atoms with Crippen LogP contribution in [0, 0.1) is 0 Å². The smallest absolute Gasteiger partial charge is 0.417 e. The van der Waals surface area contributed by atoms with E-state index in [2.05, 4.69) is 15.3 Å². The number of ether oxygens (including phenoxy) is 2. The molecular formula is C20H15ClF3N3O3. The predicted molar refractivity (Wildman–Crippen MR) is 104 cm³/mol. The molecule has 1 N–H and O–H groups in total. The van der Waals surface area contributed by atoms with Gasteiger partial charge in [0, 0.05) is 18.8 Å². The van der Waals surface area contributed by atoms with Crippen LogP contribution in [0.4, 0.5) is 18.9 Å². The van der Waals surface area contributed by atoms with Crippen LogP contribution < -0.4 is 14.8 Å². The lowest BCUT2D eigenvalue weighted by atomic mass is 10.3. The summed E-state index contributed by atoms with van der Waals surface area (Å²) >= 11 is 5.84. The van der Waals surface area contributed by atoms with E-state index in [1.165, 1.54) is 18.3 Å². The average Bonchev–Trinajstić information content (AvgIpc) is 2.71. The molecule has 0 aliphatic carbocycles. The van der Waals surface area contributed by atoms with Gasteiger partial charge in [0.2, 0.25) is 17.7 Å². The first-order chi connectivity index (χ1) is 14.3. The zero-order chi connectivity index (χ0) is 21.7. The number of hydrogen-bond acceptors (Lipinski definition) is 5. The second-order valence-corrected chi connectivity index (χ2v) is 6.35. The number of benzene rings is 1. The molecule has 1 aromatic carbocycles. The number of nitrogens with one attached hydrogen (secondary N) is 1. The maximum atomic E-state index is 12.7. The van der Waals surface area contributed by atoms with Crippen LogP contribution in [0.25, 0.3) is 0 Å². The largest absolute Gasteiger partial charge is 0.438 e. The van der Waals surface area contributed by atoms with Crippen LogP contribution in [-0.2, 0) is 11.0 Å². The van der Waals surface area contributed by atoms with Gasteiger partial charge < -0.3 is 14.8 Å². The third-order valence-corrected chi connectivity index (χ3v) is 4.02. The highest BCUT2D eigenvalue weighted by Crippen LogP contribution is 2.35. The Bertz CT molecular complexity index is 1040. The summed E-state index contributed by atoms with van der Waals surface area (Å²) in [5.74, 6) is 0.558. The fraction of sp³-hybridized carbons (Fsp3) is 0.150. The van der Waals surface area contributed by atoms with Crippen molar-refractivity contribution in [2.24, 2.45) is 0 Å². The van der Waals surface area contributed by atoms with Crippen molar-refractivity contribution >= 4 is 23.2 Å². The van der Waals surface area contributed by atoms with E-state index in [4.69, 9.17) is 21.1 Å². The van der Waals surface area contributed by atoms with Crippen LogP contribution in [0.1, 0.15) is 18.9 Å². The maximum absolute atomic E-state index is 12.7. The molecule has 0 aliphatic rings. The van der Waals surface area contributed by atoms with Gasteiger partial charge in [0.25, 0.3) is 0 Å². The third-order valence-electron chi connectivity index (χ3n) is 3.75. The topological polar surface area (TPSA) is 73.3 Å². The first-order valence-electron chi connectivity index (χ1n) is 8.69. The Morgan fingerprint density at radius 3 is 2.27 bits per heavy atom. The van der Waals surface area contributed by atoms with Crippen molar-refractivity contribution in [3.8, 4) is 23.3 Å². The lowest BCUT2D eigenvalue weighted by molar-refractivity contribution is -0.137. The molecule has 0 saturated carbocycles. The first kappa shape index (κ1) is 21.4. The number of amides is 1. The van der Waals surface area contributed by atoms with Crippen LogP contribution in [0.2, 0.25) is 5.02 Å². The van der Waals surface area contributed by atoms with E-state index < -0.39 is 11.7 Å². The second kappa shape index (κ2) is 9.00. The van der Waals surface area contributed by atoms with Gasteiger partial charge in [0.1, 0.15) is 22.2 Å². The predicted octanol–water partition coefficient (Wildman–Crippen LogP) is 6.08. The molecule has 156 valence electrons. The van der Waals surface area contributed by atoms with Crippen molar-refractivity contribution in [2.75, 3.05) is 5.32 Å². The minimum absolute atomic E-state index is 0.160. The van der Waals surface area contributed by atoms with E-state index in [-0.39, 0.29) is 28.4 Å². The monoisotopic (exact) mass is 437 g/mol. The number of carbonyl (C=O) groups is 1. The minimum atomic E-state index is -4.55. The number of halogens is 4. The summed E-state index contributed by atoms with van der Waals surface area (Å²) < 4.78 is 49.2. The molecule has 6 nitrogen and oxygen atoms in total. The Kier molecular flexibility index (Phi) is 6.41. The van der Waals surface area contributed by atoms with Crippen molar-refractivity contribution in [2.45, 2.75) is 19.5 Å². The lowest BCUT2D eigenvalue weighted by Gasteiger charge is -2.12. The molecule has 0 fully saturated rings. The van der Waals surface area contributed by atoms with E-state index in [0.717, 1.165) is 6.07 Å². The molecule has 30 heavy (non-hydrogen) atoms. The summed E-state index contributed by atoms with van der Waals surface area (Å²) in [6.45, 7) is 1.72. The van der Waals surface area contributed by atoms with Gasteiger partial charge in [-0.05, 0) is 42.5 Å². The molecule has 0 radical (unpaired) electrons. The van der Waals surface area contributed by atoms with Gasteiger partial charge in [-0.2, -0.15) is 13.2 Å². The van der Waals surface area contributed by atoms with Gasteiger partial charge >= 0.3 is 6.18 Å². The number of rotatable bonds is 6. The molecule has 3 aromatic rings. The first-order valence-corrected chi connectivity index (χ1v) is 9.07. The zero-order valence-electron chi connectivity index (χ0n) is 15.5. The van der Waals surface area contributed by atoms with Gasteiger partial charge in [0.05, 0.1) is 5.56 Å². The number of hydrogen-bond donors (Lipinski definition) is 1. The van der Waals surface area contributed by atoms with E-state index in [1.54, 1.807) is 31.2 Å². The molecule has 0 saturated heterocycles. The average molecular weight is 438 g/mol. The van der Waals surface area contributed by atoms with Crippen molar-refractivity contribution in [1.29, 1.82) is 0 Å². The Morgan fingerprint density at radius 2 is 1.70 bits per heavy atom. The Labute approximate surface area is 174 Å². The minimum Gasteiger partial charge on any atom is -0.438 e. The number of alkyl halides is 3. The van der Waals surface area contributed by atoms with Gasteiger partial charge in [0.15, 0.2) is 0 Å². The molecule has 2 heterocycles. The van der Waals surface area contributed by atoms with Crippen molar-refractivity contribution in [3.05, 3.63) is 65.4 Å². The highest BCUT2D eigenvalue weighted by molar-refractivity contribution is 6.31. The Morgan fingerprint density at radius 1 is 1.07 bits per heavy atom. The van der Waals surface area contributed by atoms with Gasteiger partial charge in [-0.3, -0.25) is 4.79 Å². The Hall–Kier alpha value is -3.33. The standard InChI is InChI=1S/C20H15ClF3N3O3/c1-2-17(28)27-16-4-3-9-25-19(16)30-14-7-5-13(6-8-14)29-18-15(21)10-12(11-26-18)20(22,23)24/h3-11H,2H2,1H3,(H,27,28). The van der Waals surface area contributed by atoms with Crippen molar-refractivity contribution in [3.63, 3.8) is 0 Å². The summed E-state index contributed by atoms with van der Waals surface area (Å²) in [6, 6.07) is 10.2. The van der Waals surface area contributed by atoms with Crippen LogP contribution in [0.5, 0.6) is 23.3 Å². The lowest BCUT2D eigenvalue weighted by Crippen LogP contribution is -2.10. The molecule has 0 spiro atoms. The van der Waals surface area contributed by atoms with E-state index in [9.17, 15) is 18.0 Å². The molecule has 0 atom stereocenters. The highest BCUT2D eigenvalue weighted by Gasteiger charge is 2.31. The fourth-order valence-electron chi connectivity index (χ4n) is 2.26. The summed E-state index contributed by atoms with van der Waals surface area (Å²) in [7, 11) is 0. The van der Waals surface area contributed by atoms with E-state index in [1.807, 2.05) is 0 Å². The van der Waals surface area contributed by atoms with Crippen molar-refractivity contribution < 1.29 is 27.4 Å². The molecule has 1 amide bonds. The summed E-state index contributed by atoms with van der Waals surface area (Å²) in [5.41, 5.74) is -0.546. The zero-order valence-corrected chi connectivity index (χ0v) is 16.3. The molecule has 0 aliphatic heterocycles. The van der Waals surface area contributed by atoms with Crippen LogP contribution in [0.15, 0.2) is 54.9 Å². The SMILES string of the molecule is CCC(=O)Nc1cccnc1Oc1ccc(Oc2ncc(C(F)(F)F)cc2Cl)cc1. The number of carbonyl (C=O) groups excluding carboxylic acids is 1. The van der Waals surface area contributed by atoms with E-state index in [0.29, 0.717) is 24.1 Å². The number of anilines is 1. The van der Waals surface area contributed by atoms with Crippen LogP contribution >= 0.6 is 11.6 Å². The maximum Gasteiger partial charge on any atom is 0.417 e. The highest BCUT2D eigenvalue weighted by atomic mass is 35.5. The summed E-state index contributed by atoms with van der Waals surface area (Å²) in [5, 5.41) is 2.42. The third kappa shape index (κ3) is 5.38. The fourth-order valence-corrected chi connectivity index (χ4v) is 2.47. The molecular weight excluding hydrogens is 423 g/mol. The Balaban J connectivity index is 1.71. The summed E-state index contributed by atoms with van der Waals surface area (Å²) in [6.07, 6.45) is -2.07. The van der Waals surface area contributed by atoms with Crippen LogP contribution in [0.3, 0.4) is 0 Å².